The number of alkyl halides is 3. The summed E-state index contributed by atoms with van der Waals surface area (Å²) < 4.78 is 51.1. The lowest BCUT2D eigenvalue weighted by atomic mass is 9.77. The average molecular weight is 379 g/mol. The van der Waals surface area contributed by atoms with E-state index in [1.54, 1.807) is 6.07 Å². The van der Waals surface area contributed by atoms with E-state index in [1.165, 1.54) is 12.1 Å². The minimum Gasteiger partial charge on any atom is -0.492 e. The van der Waals surface area contributed by atoms with E-state index in [1.807, 2.05) is 39.1 Å². The van der Waals surface area contributed by atoms with Crippen LogP contribution >= 0.6 is 0 Å². The number of fused-ring (bicyclic) bond motifs is 1. The van der Waals surface area contributed by atoms with Crippen molar-refractivity contribution in [3.8, 4) is 11.5 Å². The second-order valence-electron chi connectivity index (χ2n) is 7.31. The first kappa shape index (κ1) is 19.5. The summed E-state index contributed by atoms with van der Waals surface area (Å²) in [5.74, 6) is 1.27. The van der Waals surface area contributed by atoms with E-state index in [0.717, 1.165) is 29.7 Å². The topological polar surface area (TPSA) is 30.5 Å². The van der Waals surface area contributed by atoms with Gasteiger partial charge in [0.15, 0.2) is 0 Å². The molecule has 3 nitrogen and oxygen atoms in total. The summed E-state index contributed by atoms with van der Waals surface area (Å²) in [6, 6.07) is 11.2. The molecular formula is C21H24F3NO2. The molecule has 0 bridgehead atoms. The van der Waals surface area contributed by atoms with Crippen LogP contribution in [-0.2, 0) is 12.6 Å². The van der Waals surface area contributed by atoms with Gasteiger partial charge in [0.05, 0.1) is 5.56 Å². The smallest absolute Gasteiger partial charge is 0.416 e. The molecule has 1 aliphatic rings. The summed E-state index contributed by atoms with van der Waals surface area (Å²) in [4.78, 5) is 0. The largest absolute Gasteiger partial charge is 0.492 e. The summed E-state index contributed by atoms with van der Waals surface area (Å²) in [5, 5.41) is 3.02. The number of hydrogen-bond donors (Lipinski definition) is 1. The highest BCUT2D eigenvalue weighted by Gasteiger charge is 2.39. The predicted octanol–water partition coefficient (Wildman–Crippen LogP) is 4.80. The molecule has 1 unspecified atom stereocenters. The predicted molar refractivity (Wildman–Crippen MR) is 98.5 cm³/mol. The molecule has 0 aromatic heterocycles. The first-order valence-electron chi connectivity index (χ1n) is 8.97. The number of benzene rings is 2. The zero-order valence-corrected chi connectivity index (χ0v) is 15.7. The fraction of sp³-hybridized carbons (Fsp3) is 0.429. The number of ether oxygens (including phenoxy) is 2. The van der Waals surface area contributed by atoms with Crippen LogP contribution < -0.4 is 14.8 Å². The van der Waals surface area contributed by atoms with Gasteiger partial charge in [-0.2, -0.15) is 13.2 Å². The quantitative estimate of drug-likeness (QED) is 0.757. The maximum atomic E-state index is 13.1. The number of rotatable bonds is 5. The van der Waals surface area contributed by atoms with Crippen LogP contribution in [0.25, 0.3) is 0 Å². The molecule has 2 aromatic rings. The number of halogens is 3. The third kappa shape index (κ3) is 4.38. The summed E-state index contributed by atoms with van der Waals surface area (Å²) in [5.41, 5.74) is 0.336. The third-order valence-corrected chi connectivity index (χ3v) is 4.91. The summed E-state index contributed by atoms with van der Waals surface area (Å²) in [6.07, 6.45) is -3.74. The Labute approximate surface area is 157 Å². The monoisotopic (exact) mass is 379 g/mol. The SMILES string of the molecule is CNCCOc1ccc2c(c1)OC(C)(C)C(c1cccc(C(F)(F)F)c1)C2. The molecule has 0 radical (unpaired) electrons. The zero-order valence-electron chi connectivity index (χ0n) is 15.7. The normalized spacial score (nSPS) is 18.5. The van der Waals surface area contributed by atoms with E-state index in [0.29, 0.717) is 18.6 Å². The molecule has 0 amide bonds. The first-order valence-corrected chi connectivity index (χ1v) is 8.97. The van der Waals surface area contributed by atoms with E-state index in [2.05, 4.69) is 5.32 Å². The van der Waals surface area contributed by atoms with Crippen LogP contribution in [0.3, 0.4) is 0 Å². The van der Waals surface area contributed by atoms with Crippen LogP contribution in [0.1, 0.15) is 36.5 Å². The lowest BCUT2D eigenvalue weighted by molar-refractivity contribution is -0.137. The molecule has 0 saturated heterocycles. The van der Waals surface area contributed by atoms with E-state index in [4.69, 9.17) is 9.47 Å². The molecule has 0 spiro atoms. The first-order chi connectivity index (χ1) is 12.7. The minimum absolute atomic E-state index is 0.177. The van der Waals surface area contributed by atoms with Crippen LogP contribution in [0.2, 0.25) is 0 Å². The number of nitrogens with one attached hydrogen (secondary N) is 1. The minimum atomic E-state index is -4.35. The Balaban J connectivity index is 1.87. The van der Waals surface area contributed by atoms with Gasteiger partial charge in [-0.3, -0.25) is 0 Å². The van der Waals surface area contributed by atoms with Gasteiger partial charge in [0.25, 0.3) is 0 Å². The summed E-state index contributed by atoms with van der Waals surface area (Å²) in [6.45, 7) is 5.11. The molecule has 1 atom stereocenters. The molecule has 1 heterocycles. The molecule has 1 N–H and O–H groups in total. The standard InChI is InChI=1S/C21H24F3NO2/c1-20(2)18(14-5-4-6-16(11-14)21(22,23)24)12-15-7-8-17(13-19(15)27-20)26-10-9-25-3/h4-8,11,13,18,25H,9-10,12H2,1-3H3. The van der Waals surface area contributed by atoms with E-state index in [9.17, 15) is 13.2 Å². The lowest BCUT2D eigenvalue weighted by Crippen LogP contribution is -2.40. The van der Waals surface area contributed by atoms with Gasteiger partial charge in [-0.05, 0) is 50.6 Å². The van der Waals surface area contributed by atoms with Gasteiger partial charge in [-0.25, -0.2) is 0 Å². The second-order valence-corrected chi connectivity index (χ2v) is 7.31. The maximum absolute atomic E-state index is 13.1. The molecule has 0 fully saturated rings. The van der Waals surface area contributed by atoms with Crippen LogP contribution in [0.4, 0.5) is 13.2 Å². The van der Waals surface area contributed by atoms with Crippen molar-refractivity contribution in [3.63, 3.8) is 0 Å². The van der Waals surface area contributed by atoms with Crippen molar-refractivity contribution in [2.24, 2.45) is 0 Å². The van der Waals surface area contributed by atoms with Gasteiger partial charge < -0.3 is 14.8 Å². The molecule has 6 heteroatoms. The van der Waals surface area contributed by atoms with Gasteiger partial charge in [0.1, 0.15) is 23.7 Å². The van der Waals surface area contributed by atoms with Crippen molar-refractivity contribution in [1.82, 2.24) is 5.32 Å². The van der Waals surface area contributed by atoms with Crippen LogP contribution in [0.15, 0.2) is 42.5 Å². The van der Waals surface area contributed by atoms with Crippen molar-refractivity contribution in [2.75, 3.05) is 20.2 Å². The summed E-state index contributed by atoms with van der Waals surface area (Å²) in [7, 11) is 1.86. The van der Waals surface area contributed by atoms with Gasteiger partial charge >= 0.3 is 6.18 Å². The van der Waals surface area contributed by atoms with Crippen molar-refractivity contribution < 1.29 is 22.6 Å². The van der Waals surface area contributed by atoms with E-state index in [-0.39, 0.29) is 5.92 Å². The number of likely N-dealkylation sites (N-methyl/N-ethyl adjacent to an activating group) is 1. The lowest BCUT2D eigenvalue weighted by Gasteiger charge is -2.40. The van der Waals surface area contributed by atoms with Gasteiger partial charge in [-0.1, -0.05) is 24.3 Å². The van der Waals surface area contributed by atoms with Gasteiger partial charge in [0.2, 0.25) is 0 Å². The highest BCUT2D eigenvalue weighted by Crippen LogP contribution is 2.44. The number of hydrogen-bond acceptors (Lipinski definition) is 3. The van der Waals surface area contributed by atoms with Crippen molar-refractivity contribution in [2.45, 2.75) is 38.0 Å². The van der Waals surface area contributed by atoms with Crippen LogP contribution in [-0.4, -0.2) is 25.8 Å². The highest BCUT2D eigenvalue weighted by molar-refractivity contribution is 5.45. The van der Waals surface area contributed by atoms with Gasteiger partial charge in [0, 0.05) is 18.5 Å². The zero-order chi connectivity index (χ0) is 19.7. The van der Waals surface area contributed by atoms with E-state index < -0.39 is 17.3 Å². The third-order valence-electron chi connectivity index (χ3n) is 4.91. The molecule has 2 aromatic carbocycles. The molecule has 0 aliphatic carbocycles. The van der Waals surface area contributed by atoms with Crippen LogP contribution in [0.5, 0.6) is 11.5 Å². The van der Waals surface area contributed by atoms with Crippen molar-refractivity contribution in [3.05, 3.63) is 59.2 Å². The molecule has 0 saturated carbocycles. The van der Waals surface area contributed by atoms with E-state index >= 15 is 0 Å². The van der Waals surface area contributed by atoms with Crippen molar-refractivity contribution in [1.29, 1.82) is 0 Å². The Bertz CT molecular complexity index is 802. The average Bonchev–Trinajstić information content (AvgIpc) is 2.60. The fourth-order valence-electron chi connectivity index (χ4n) is 3.43. The Kier molecular flexibility index (Phi) is 5.38. The Hall–Kier alpha value is -2.21. The highest BCUT2D eigenvalue weighted by atomic mass is 19.4. The fourth-order valence-corrected chi connectivity index (χ4v) is 3.43. The Morgan fingerprint density at radius 1 is 1.19 bits per heavy atom. The van der Waals surface area contributed by atoms with Gasteiger partial charge in [-0.15, -0.1) is 0 Å². The van der Waals surface area contributed by atoms with Crippen LogP contribution in [0, 0.1) is 0 Å². The summed E-state index contributed by atoms with van der Waals surface area (Å²) >= 11 is 0. The molecule has 146 valence electrons. The Morgan fingerprint density at radius 3 is 2.67 bits per heavy atom. The maximum Gasteiger partial charge on any atom is 0.416 e. The molecule has 3 rings (SSSR count). The molecule has 1 aliphatic heterocycles. The molecule has 27 heavy (non-hydrogen) atoms. The molecular weight excluding hydrogens is 355 g/mol. The second kappa shape index (κ2) is 7.43. The van der Waals surface area contributed by atoms with Crippen molar-refractivity contribution >= 4 is 0 Å². The Morgan fingerprint density at radius 2 is 1.96 bits per heavy atom.